The van der Waals surface area contributed by atoms with Gasteiger partial charge in [0, 0.05) is 17.9 Å². The van der Waals surface area contributed by atoms with Crippen LogP contribution < -0.4 is 10.6 Å². The molecule has 0 saturated heterocycles. The number of thioether (sulfide) groups is 1. The first-order chi connectivity index (χ1) is 8.15. The molecule has 100 valence electrons. The maximum atomic E-state index is 12.3. The second-order valence-electron chi connectivity index (χ2n) is 4.32. The van der Waals surface area contributed by atoms with Crippen molar-refractivity contribution in [2.24, 2.45) is 0 Å². The van der Waals surface area contributed by atoms with E-state index in [1.165, 1.54) is 0 Å². The fraction of sp³-hybridized carbons (Fsp3) is 0.462. The minimum atomic E-state index is 0. The molecule has 0 aromatic heterocycles. The molecular formula is C13H19ClN2OS. The van der Waals surface area contributed by atoms with E-state index in [1.54, 1.807) is 11.8 Å². The highest BCUT2D eigenvalue weighted by Gasteiger charge is 2.26. The summed E-state index contributed by atoms with van der Waals surface area (Å²) in [4.78, 5) is 14.2. The number of nitrogen functional groups attached to an aromatic ring is 1. The van der Waals surface area contributed by atoms with E-state index in [-0.39, 0.29) is 23.6 Å². The van der Waals surface area contributed by atoms with Crippen molar-refractivity contribution in [3.05, 3.63) is 23.8 Å². The smallest absolute Gasteiger partial charge is 0.239 e. The van der Waals surface area contributed by atoms with Crippen molar-refractivity contribution in [1.82, 2.24) is 0 Å². The van der Waals surface area contributed by atoms with Gasteiger partial charge in [-0.15, -0.1) is 12.4 Å². The van der Waals surface area contributed by atoms with Crippen LogP contribution in [0.15, 0.2) is 18.2 Å². The molecule has 0 saturated carbocycles. The van der Waals surface area contributed by atoms with Crippen molar-refractivity contribution >= 4 is 41.5 Å². The molecule has 1 aromatic carbocycles. The number of fused-ring (bicyclic) bond motifs is 1. The Kier molecular flexibility index (Phi) is 5.35. The Labute approximate surface area is 119 Å². The summed E-state index contributed by atoms with van der Waals surface area (Å²) in [7, 11) is 0. The van der Waals surface area contributed by atoms with Gasteiger partial charge in [0.25, 0.3) is 0 Å². The minimum Gasteiger partial charge on any atom is -0.398 e. The summed E-state index contributed by atoms with van der Waals surface area (Å²) in [5.74, 6) is 0.184. The van der Waals surface area contributed by atoms with E-state index in [0.717, 1.165) is 36.3 Å². The average molecular weight is 287 g/mol. The number of halogens is 1. The molecule has 2 N–H and O–H groups in total. The van der Waals surface area contributed by atoms with Crippen molar-refractivity contribution in [2.45, 2.75) is 25.0 Å². The second-order valence-corrected chi connectivity index (χ2v) is 5.49. The average Bonchev–Trinajstić information content (AvgIpc) is 2.37. The Bertz CT molecular complexity index is 439. The minimum absolute atomic E-state index is 0. The molecule has 18 heavy (non-hydrogen) atoms. The third kappa shape index (κ3) is 2.75. The summed E-state index contributed by atoms with van der Waals surface area (Å²) in [6.07, 6.45) is 3.93. The van der Waals surface area contributed by atoms with Gasteiger partial charge in [-0.05, 0) is 43.7 Å². The molecule has 3 nitrogen and oxygen atoms in total. The third-order valence-corrected chi connectivity index (χ3v) is 4.16. The molecule has 0 fully saturated rings. The molecule has 0 aliphatic carbocycles. The lowest BCUT2D eigenvalue weighted by molar-refractivity contribution is -0.117. The molecule has 2 rings (SSSR count). The SMILES string of the molecule is CSC(C)C(=O)N1CCCc2c(N)cccc21.Cl. The van der Waals surface area contributed by atoms with Gasteiger partial charge in [0.05, 0.1) is 5.25 Å². The van der Waals surface area contributed by atoms with Crippen LogP contribution in [0.4, 0.5) is 11.4 Å². The third-order valence-electron chi connectivity index (χ3n) is 3.25. The number of rotatable bonds is 2. The molecule has 0 spiro atoms. The Morgan fingerprint density at radius 2 is 2.22 bits per heavy atom. The molecule has 1 aliphatic rings. The number of nitrogens with two attached hydrogens (primary N) is 1. The highest BCUT2D eigenvalue weighted by molar-refractivity contribution is 7.99. The predicted octanol–water partition coefficient (Wildman–Crippen LogP) is 2.72. The van der Waals surface area contributed by atoms with Crippen LogP contribution in [0, 0.1) is 0 Å². The standard InChI is InChI=1S/C13H18N2OS.ClH/c1-9(17-2)13(16)15-8-4-5-10-11(14)6-3-7-12(10)15;/h3,6-7,9H,4-5,8,14H2,1-2H3;1H. The van der Waals surface area contributed by atoms with Gasteiger partial charge >= 0.3 is 0 Å². The Morgan fingerprint density at radius 3 is 2.89 bits per heavy atom. The number of amides is 1. The summed E-state index contributed by atoms with van der Waals surface area (Å²) in [6.45, 7) is 2.76. The van der Waals surface area contributed by atoms with Crippen LogP contribution in [0.2, 0.25) is 0 Å². The van der Waals surface area contributed by atoms with Crippen molar-refractivity contribution < 1.29 is 4.79 Å². The maximum absolute atomic E-state index is 12.3. The van der Waals surface area contributed by atoms with Crippen molar-refractivity contribution in [2.75, 3.05) is 23.4 Å². The molecule has 1 atom stereocenters. The largest absolute Gasteiger partial charge is 0.398 e. The Balaban J connectivity index is 0.00000162. The van der Waals surface area contributed by atoms with E-state index in [1.807, 2.05) is 36.3 Å². The molecule has 0 radical (unpaired) electrons. The first-order valence-corrected chi connectivity index (χ1v) is 7.15. The van der Waals surface area contributed by atoms with Crippen molar-refractivity contribution in [3.63, 3.8) is 0 Å². The van der Waals surface area contributed by atoms with Gasteiger partial charge in [-0.2, -0.15) is 11.8 Å². The van der Waals surface area contributed by atoms with Gasteiger partial charge in [-0.25, -0.2) is 0 Å². The number of carbonyl (C=O) groups is 1. The summed E-state index contributed by atoms with van der Waals surface area (Å²) in [5.41, 5.74) is 8.90. The van der Waals surface area contributed by atoms with Gasteiger partial charge in [0.2, 0.25) is 5.91 Å². The van der Waals surface area contributed by atoms with Crippen molar-refractivity contribution in [3.8, 4) is 0 Å². The first kappa shape index (κ1) is 15.2. The normalized spacial score (nSPS) is 15.6. The number of hydrogen-bond acceptors (Lipinski definition) is 3. The van der Waals surface area contributed by atoms with E-state index in [4.69, 9.17) is 5.73 Å². The lowest BCUT2D eigenvalue weighted by Crippen LogP contribution is -2.40. The van der Waals surface area contributed by atoms with Crippen LogP contribution in [0.5, 0.6) is 0 Å². The predicted molar refractivity (Wildman–Crippen MR) is 81.8 cm³/mol. The molecular weight excluding hydrogens is 268 g/mol. The Hall–Kier alpha value is -0.870. The van der Waals surface area contributed by atoms with Gasteiger partial charge in [0.15, 0.2) is 0 Å². The van der Waals surface area contributed by atoms with Gasteiger partial charge < -0.3 is 10.6 Å². The quantitative estimate of drug-likeness (QED) is 0.851. The number of nitrogens with zero attached hydrogens (tertiary/aromatic N) is 1. The highest BCUT2D eigenvalue weighted by atomic mass is 35.5. The molecule has 1 amide bonds. The maximum Gasteiger partial charge on any atom is 0.239 e. The molecule has 0 bridgehead atoms. The van der Waals surface area contributed by atoms with Gasteiger partial charge in [0.1, 0.15) is 0 Å². The zero-order valence-electron chi connectivity index (χ0n) is 10.7. The molecule has 1 unspecified atom stereocenters. The lowest BCUT2D eigenvalue weighted by Gasteiger charge is -2.31. The van der Waals surface area contributed by atoms with Crippen LogP contribution in [0.3, 0.4) is 0 Å². The fourth-order valence-electron chi connectivity index (χ4n) is 2.20. The van der Waals surface area contributed by atoms with Crippen LogP contribution in [0.1, 0.15) is 18.9 Å². The lowest BCUT2D eigenvalue weighted by atomic mass is 9.99. The van der Waals surface area contributed by atoms with E-state index in [0.29, 0.717) is 0 Å². The topological polar surface area (TPSA) is 46.3 Å². The van der Waals surface area contributed by atoms with Crippen LogP contribution in [0.25, 0.3) is 0 Å². The summed E-state index contributed by atoms with van der Waals surface area (Å²) < 4.78 is 0. The molecule has 1 aliphatic heterocycles. The van der Waals surface area contributed by atoms with E-state index in [2.05, 4.69) is 0 Å². The number of carbonyl (C=O) groups excluding carboxylic acids is 1. The summed E-state index contributed by atoms with van der Waals surface area (Å²) in [5, 5.41) is 0.00220. The second kappa shape index (κ2) is 6.34. The van der Waals surface area contributed by atoms with Gasteiger partial charge in [-0.1, -0.05) is 6.07 Å². The van der Waals surface area contributed by atoms with E-state index < -0.39 is 0 Å². The highest BCUT2D eigenvalue weighted by Crippen LogP contribution is 2.32. The van der Waals surface area contributed by atoms with Gasteiger partial charge in [-0.3, -0.25) is 4.79 Å². The fourth-order valence-corrected chi connectivity index (χ4v) is 2.53. The van der Waals surface area contributed by atoms with Crippen molar-refractivity contribution in [1.29, 1.82) is 0 Å². The summed E-state index contributed by atoms with van der Waals surface area (Å²) in [6, 6.07) is 5.82. The first-order valence-electron chi connectivity index (χ1n) is 5.86. The number of hydrogen-bond donors (Lipinski definition) is 1. The molecule has 1 aromatic rings. The molecule has 5 heteroatoms. The van der Waals surface area contributed by atoms with Crippen LogP contribution in [-0.2, 0) is 11.2 Å². The van der Waals surface area contributed by atoms with Crippen LogP contribution >= 0.6 is 24.2 Å². The van der Waals surface area contributed by atoms with E-state index >= 15 is 0 Å². The van der Waals surface area contributed by atoms with Crippen LogP contribution in [-0.4, -0.2) is 24.0 Å². The zero-order valence-corrected chi connectivity index (χ0v) is 12.3. The Morgan fingerprint density at radius 1 is 1.50 bits per heavy atom. The number of benzene rings is 1. The zero-order chi connectivity index (χ0) is 12.4. The number of anilines is 2. The van der Waals surface area contributed by atoms with E-state index in [9.17, 15) is 4.79 Å². The summed E-state index contributed by atoms with van der Waals surface area (Å²) >= 11 is 1.58. The monoisotopic (exact) mass is 286 g/mol. The molecule has 1 heterocycles.